The number of rotatable bonds is 3. The van der Waals surface area contributed by atoms with Gasteiger partial charge in [-0.2, -0.15) is 0 Å². The summed E-state index contributed by atoms with van der Waals surface area (Å²) < 4.78 is 0. The van der Waals surface area contributed by atoms with Crippen LogP contribution >= 0.6 is 22.7 Å². The predicted octanol–water partition coefficient (Wildman–Crippen LogP) is 3.50. The Morgan fingerprint density at radius 3 is 2.73 bits per heavy atom. The number of hydrogen-bond donors (Lipinski definition) is 1. The van der Waals surface area contributed by atoms with Gasteiger partial charge in [0.05, 0.1) is 17.8 Å². The van der Waals surface area contributed by atoms with Crippen LogP contribution in [0.2, 0.25) is 0 Å². The zero-order valence-corrected chi connectivity index (χ0v) is 15.8. The van der Waals surface area contributed by atoms with E-state index in [0.717, 1.165) is 58.6 Å². The zero-order chi connectivity index (χ0) is 17.6. The maximum atomic E-state index is 12.6. The Labute approximate surface area is 159 Å². The van der Waals surface area contributed by atoms with E-state index in [1.54, 1.807) is 11.3 Å². The number of thiazole rings is 2. The van der Waals surface area contributed by atoms with E-state index in [1.165, 1.54) is 11.3 Å². The third-order valence-electron chi connectivity index (χ3n) is 5.21. The topological polar surface area (TPSA) is 58.1 Å². The molecule has 0 unspecified atom stereocenters. The predicted molar refractivity (Wildman–Crippen MR) is 103 cm³/mol. The van der Waals surface area contributed by atoms with Crippen molar-refractivity contribution in [1.29, 1.82) is 0 Å². The summed E-state index contributed by atoms with van der Waals surface area (Å²) in [4.78, 5) is 25.0. The molecule has 1 fully saturated rings. The second kappa shape index (κ2) is 6.26. The number of carbonyl (C=O) groups excluding carboxylic acids is 1. The van der Waals surface area contributed by atoms with Crippen LogP contribution in [0.25, 0.3) is 10.6 Å². The molecule has 7 heteroatoms. The molecule has 1 spiro atoms. The second-order valence-corrected chi connectivity index (χ2v) is 8.78. The van der Waals surface area contributed by atoms with Gasteiger partial charge < -0.3 is 5.32 Å². The molecular formula is C19H18N4OS2. The Hall–Kier alpha value is -2.09. The number of benzene rings is 1. The summed E-state index contributed by atoms with van der Waals surface area (Å²) in [7, 11) is 0. The van der Waals surface area contributed by atoms with Crippen molar-refractivity contribution in [2.24, 2.45) is 0 Å². The Balaban J connectivity index is 1.39. The summed E-state index contributed by atoms with van der Waals surface area (Å²) in [5.74, 6) is 0.0352. The maximum Gasteiger partial charge on any atom is 0.264 e. The molecule has 2 aliphatic heterocycles. The lowest BCUT2D eigenvalue weighted by Crippen LogP contribution is -2.49. The molecule has 0 radical (unpaired) electrons. The largest absolute Gasteiger partial charge is 0.340 e. The molecule has 132 valence electrons. The molecule has 3 aromatic rings. The summed E-state index contributed by atoms with van der Waals surface area (Å²) in [5, 5.41) is 7.35. The monoisotopic (exact) mass is 382 g/mol. The van der Waals surface area contributed by atoms with Crippen LogP contribution in [0.3, 0.4) is 0 Å². The molecule has 1 aromatic carbocycles. The van der Waals surface area contributed by atoms with Crippen molar-refractivity contribution >= 4 is 28.6 Å². The fourth-order valence-corrected chi connectivity index (χ4v) is 5.54. The average molecular weight is 383 g/mol. The number of amides is 1. The van der Waals surface area contributed by atoms with Gasteiger partial charge in [-0.3, -0.25) is 9.69 Å². The molecule has 0 atom stereocenters. The number of likely N-dealkylation sites (tertiary alicyclic amines) is 1. The van der Waals surface area contributed by atoms with Crippen LogP contribution in [-0.2, 0) is 12.1 Å². The highest BCUT2D eigenvalue weighted by atomic mass is 32.1. The number of nitrogens with zero attached hydrogens (tertiary/aromatic N) is 3. The molecule has 1 N–H and O–H groups in total. The van der Waals surface area contributed by atoms with Crippen molar-refractivity contribution in [2.75, 3.05) is 13.1 Å². The number of hydrogen-bond acceptors (Lipinski definition) is 6. The summed E-state index contributed by atoms with van der Waals surface area (Å²) in [5.41, 5.74) is 1.74. The molecule has 0 aliphatic carbocycles. The minimum Gasteiger partial charge on any atom is -0.340 e. The third kappa shape index (κ3) is 2.67. The lowest BCUT2D eigenvalue weighted by atomic mass is 9.86. The van der Waals surface area contributed by atoms with Crippen LogP contribution in [-0.4, -0.2) is 33.9 Å². The molecule has 1 amide bonds. The molecular weight excluding hydrogens is 364 g/mol. The zero-order valence-electron chi connectivity index (χ0n) is 14.1. The minimum absolute atomic E-state index is 0.0352. The highest BCUT2D eigenvalue weighted by Gasteiger charge is 2.47. The lowest BCUT2D eigenvalue weighted by Gasteiger charge is -2.38. The van der Waals surface area contributed by atoms with Crippen molar-refractivity contribution in [1.82, 2.24) is 20.2 Å². The van der Waals surface area contributed by atoms with Crippen molar-refractivity contribution in [3.05, 3.63) is 57.5 Å². The number of fused-ring (bicyclic) bond motifs is 2. The first-order chi connectivity index (χ1) is 12.7. The Kier molecular flexibility index (Phi) is 3.88. The van der Waals surface area contributed by atoms with Crippen LogP contribution in [0.5, 0.6) is 0 Å². The van der Waals surface area contributed by atoms with Crippen molar-refractivity contribution in [3.63, 3.8) is 0 Å². The summed E-state index contributed by atoms with van der Waals surface area (Å²) in [6.07, 6.45) is 3.65. The van der Waals surface area contributed by atoms with Crippen LogP contribution in [0.4, 0.5) is 0 Å². The van der Waals surface area contributed by atoms with Gasteiger partial charge in [0, 0.05) is 30.2 Å². The second-order valence-electron chi connectivity index (χ2n) is 6.80. The van der Waals surface area contributed by atoms with Gasteiger partial charge in [0.25, 0.3) is 5.91 Å². The molecule has 2 aromatic heterocycles. The van der Waals surface area contributed by atoms with E-state index in [0.29, 0.717) is 0 Å². The quantitative estimate of drug-likeness (QED) is 0.753. The normalized spacial score (nSPS) is 18.8. The van der Waals surface area contributed by atoms with Gasteiger partial charge in [-0.25, -0.2) is 9.97 Å². The number of nitrogens with one attached hydrogen (secondary N) is 1. The van der Waals surface area contributed by atoms with Gasteiger partial charge in [-0.15, -0.1) is 22.7 Å². The van der Waals surface area contributed by atoms with E-state index in [-0.39, 0.29) is 11.4 Å². The van der Waals surface area contributed by atoms with E-state index in [9.17, 15) is 4.79 Å². The molecule has 0 saturated carbocycles. The smallest absolute Gasteiger partial charge is 0.264 e. The first kappa shape index (κ1) is 16.1. The number of piperidine rings is 1. The molecule has 5 nitrogen and oxygen atoms in total. The van der Waals surface area contributed by atoms with E-state index in [1.807, 2.05) is 29.8 Å². The third-order valence-corrected chi connectivity index (χ3v) is 7.08. The fourth-order valence-electron chi connectivity index (χ4n) is 3.81. The SMILES string of the molecule is O=C1NC2(CCN(Cc3nccs3)CC2)c2nc(-c3ccccc3)sc21. The van der Waals surface area contributed by atoms with Crippen LogP contribution < -0.4 is 5.32 Å². The van der Waals surface area contributed by atoms with Crippen LogP contribution in [0.1, 0.15) is 33.2 Å². The molecule has 4 heterocycles. The highest BCUT2D eigenvalue weighted by Crippen LogP contribution is 2.43. The van der Waals surface area contributed by atoms with Gasteiger partial charge in [0.1, 0.15) is 14.9 Å². The first-order valence-corrected chi connectivity index (χ1v) is 10.4. The average Bonchev–Trinajstić information content (AvgIpc) is 3.38. The van der Waals surface area contributed by atoms with E-state index >= 15 is 0 Å². The van der Waals surface area contributed by atoms with Crippen molar-refractivity contribution in [2.45, 2.75) is 24.9 Å². The maximum absolute atomic E-state index is 12.6. The Morgan fingerprint density at radius 1 is 1.19 bits per heavy atom. The van der Waals surface area contributed by atoms with E-state index < -0.39 is 0 Å². The van der Waals surface area contributed by atoms with Gasteiger partial charge in [0.15, 0.2) is 0 Å². The van der Waals surface area contributed by atoms with Crippen molar-refractivity contribution < 1.29 is 4.79 Å². The first-order valence-electron chi connectivity index (χ1n) is 8.73. The minimum atomic E-state index is -0.296. The van der Waals surface area contributed by atoms with Crippen LogP contribution in [0.15, 0.2) is 41.9 Å². The molecule has 2 aliphatic rings. The number of carbonyl (C=O) groups is 1. The van der Waals surface area contributed by atoms with Gasteiger partial charge in [0.2, 0.25) is 0 Å². The summed E-state index contributed by atoms with van der Waals surface area (Å²) >= 11 is 3.21. The summed E-state index contributed by atoms with van der Waals surface area (Å²) in [6, 6.07) is 10.1. The fraction of sp³-hybridized carbons (Fsp3) is 0.316. The highest BCUT2D eigenvalue weighted by molar-refractivity contribution is 7.17. The lowest BCUT2D eigenvalue weighted by molar-refractivity contribution is 0.0854. The molecule has 26 heavy (non-hydrogen) atoms. The number of aromatic nitrogens is 2. The molecule has 0 bridgehead atoms. The standard InChI is InChI=1S/C19H18N4OS2/c24-17-15-16(21-18(26-15)13-4-2-1-3-5-13)19(22-17)6-9-23(10-7-19)12-14-20-8-11-25-14/h1-5,8,11H,6-7,9-10,12H2,(H,22,24). The van der Waals surface area contributed by atoms with Crippen molar-refractivity contribution in [3.8, 4) is 10.6 Å². The molecule has 5 rings (SSSR count). The van der Waals surface area contributed by atoms with Crippen LogP contribution in [0, 0.1) is 0 Å². The molecule has 1 saturated heterocycles. The van der Waals surface area contributed by atoms with Gasteiger partial charge in [-0.1, -0.05) is 30.3 Å². The summed E-state index contributed by atoms with van der Waals surface area (Å²) in [6.45, 7) is 2.77. The Bertz CT molecular complexity index is 928. The Morgan fingerprint density at radius 2 is 2.00 bits per heavy atom. The van der Waals surface area contributed by atoms with E-state index in [4.69, 9.17) is 4.98 Å². The van der Waals surface area contributed by atoms with Gasteiger partial charge >= 0.3 is 0 Å². The van der Waals surface area contributed by atoms with E-state index in [2.05, 4.69) is 27.3 Å². The van der Waals surface area contributed by atoms with Gasteiger partial charge in [-0.05, 0) is 12.8 Å².